The van der Waals surface area contributed by atoms with Crippen LogP contribution in [-0.2, 0) is 17.8 Å². The molecule has 4 rings (SSSR count). The van der Waals surface area contributed by atoms with Crippen molar-refractivity contribution in [1.82, 2.24) is 20.0 Å². The molecule has 4 aromatic rings. The van der Waals surface area contributed by atoms with Gasteiger partial charge >= 0.3 is 5.97 Å². The molecule has 0 bridgehead atoms. The molecule has 0 aliphatic rings. The quantitative estimate of drug-likeness (QED) is 0.348. The number of hydrogen-bond donors (Lipinski definition) is 2. The Bertz CT molecular complexity index is 1400. The first-order chi connectivity index (χ1) is 17.4. The number of aliphatic carboxylic acids is 1. The van der Waals surface area contributed by atoms with E-state index in [0.29, 0.717) is 23.1 Å². The van der Waals surface area contributed by atoms with E-state index in [0.717, 1.165) is 27.1 Å². The Balaban J connectivity index is 1.39. The lowest BCUT2D eigenvalue weighted by molar-refractivity contribution is -0.146. The van der Waals surface area contributed by atoms with Gasteiger partial charge in [0.15, 0.2) is 0 Å². The Morgan fingerprint density at radius 2 is 1.81 bits per heavy atom. The summed E-state index contributed by atoms with van der Waals surface area (Å²) in [4.78, 5) is 29.0. The van der Waals surface area contributed by atoms with Crippen molar-refractivity contribution >= 4 is 16.9 Å². The van der Waals surface area contributed by atoms with Crippen LogP contribution in [0.4, 0.5) is 0 Å². The van der Waals surface area contributed by atoms with Crippen molar-refractivity contribution in [2.75, 3.05) is 7.11 Å². The van der Waals surface area contributed by atoms with Gasteiger partial charge in [0, 0.05) is 24.0 Å². The van der Waals surface area contributed by atoms with Crippen LogP contribution in [0.3, 0.4) is 0 Å². The van der Waals surface area contributed by atoms with Crippen molar-refractivity contribution in [2.24, 2.45) is 5.92 Å². The van der Waals surface area contributed by atoms with E-state index in [9.17, 15) is 19.8 Å². The summed E-state index contributed by atoms with van der Waals surface area (Å²) < 4.78 is 6.34. The third kappa shape index (κ3) is 5.58. The van der Waals surface area contributed by atoms with Gasteiger partial charge in [-0.3, -0.25) is 14.6 Å². The van der Waals surface area contributed by atoms with Crippen LogP contribution in [-0.4, -0.2) is 49.4 Å². The zero-order valence-corrected chi connectivity index (χ0v) is 20.2. The van der Waals surface area contributed by atoms with Crippen LogP contribution in [0.2, 0.25) is 0 Å². The molecule has 2 atom stereocenters. The summed E-state index contributed by atoms with van der Waals surface area (Å²) in [6.07, 6.45) is 1.59. The fraction of sp³-hybridized carbons (Fsp3) is 0.296. The number of aliphatic hydroxyl groups is 1. The molecular weight excluding hydrogens is 460 g/mol. The van der Waals surface area contributed by atoms with Crippen LogP contribution in [0.25, 0.3) is 22.0 Å². The van der Waals surface area contributed by atoms with Gasteiger partial charge in [-0.05, 0) is 55.5 Å². The van der Waals surface area contributed by atoms with Gasteiger partial charge in [0.1, 0.15) is 11.3 Å². The molecule has 0 spiro atoms. The van der Waals surface area contributed by atoms with Gasteiger partial charge in [-0.1, -0.05) is 41.6 Å². The largest absolute Gasteiger partial charge is 0.494 e. The molecule has 0 unspecified atom stereocenters. The Morgan fingerprint density at radius 3 is 2.47 bits per heavy atom. The number of carboxylic acids is 1. The molecule has 9 heteroatoms. The van der Waals surface area contributed by atoms with Gasteiger partial charge < -0.3 is 14.9 Å². The highest BCUT2D eigenvalue weighted by Crippen LogP contribution is 2.22. The number of rotatable bonds is 10. The van der Waals surface area contributed by atoms with Gasteiger partial charge in [-0.2, -0.15) is 0 Å². The molecule has 0 amide bonds. The van der Waals surface area contributed by atoms with Crippen molar-refractivity contribution < 1.29 is 19.7 Å². The second kappa shape index (κ2) is 11.1. The summed E-state index contributed by atoms with van der Waals surface area (Å²) in [5, 5.41) is 28.7. The first kappa shape index (κ1) is 25.0. The molecule has 36 heavy (non-hydrogen) atoms. The summed E-state index contributed by atoms with van der Waals surface area (Å²) >= 11 is 0. The fourth-order valence-corrected chi connectivity index (χ4v) is 4.15. The smallest absolute Gasteiger partial charge is 0.309 e. The lowest BCUT2D eigenvalue weighted by Gasteiger charge is -2.19. The maximum Gasteiger partial charge on any atom is 0.309 e. The van der Waals surface area contributed by atoms with Crippen LogP contribution in [0.15, 0.2) is 65.6 Å². The first-order valence-electron chi connectivity index (χ1n) is 11.7. The molecule has 186 valence electrons. The van der Waals surface area contributed by atoms with E-state index in [1.54, 1.807) is 18.2 Å². The van der Waals surface area contributed by atoms with Crippen LogP contribution in [0, 0.1) is 12.8 Å². The van der Waals surface area contributed by atoms with Crippen LogP contribution in [0.1, 0.15) is 24.1 Å². The highest BCUT2D eigenvalue weighted by Gasteiger charge is 2.26. The van der Waals surface area contributed by atoms with Gasteiger partial charge in [0.05, 0.1) is 24.5 Å². The topological polar surface area (TPSA) is 127 Å². The zero-order valence-electron chi connectivity index (χ0n) is 20.2. The van der Waals surface area contributed by atoms with Gasteiger partial charge in [0.2, 0.25) is 0 Å². The van der Waals surface area contributed by atoms with E-state index in [1.807, 2.05) is 49.5 Å². The molecule has 0 fully saturated rings. The summed E-state index contributed by atoms with van der Waals surface area (Å²) in [6.45, 7) is 1.96. The zero-order chi connectivity index (χ0) is 25.7. The number of hydrogen-bond acceptors (Lipinski definition) is 7. The van der Waals surface area contributed by atoms with Crippen molar-refractivity contribution in [2.45, 2.75) is 38.8 Å². The summed E-state index contributed by atoms with van der Waals surface area (Å²) in [5.41, 5.74) is 3.96. The number of methoxy groups -OCH3 is 1. The molecule has 2 heterocycles. The highest BCUT2D eigenvalue weighted by molar-refractivity contribution is 5.83. The number of pyridine rings is 1. The minimum absolute atomic E-state index is 0.0201. The number of aromatic nitrogens is 4. The average molecular weight is 489 g/mol. The lowest BCUT2D eigenvalue weighted by atomic mass is 9.93. The minimum atomic E-state index is -1.12. The predicted molar refractivity (Wildman–Crippen MR) is 135 cm³/mol. The molecule has 0 saturated heterocycles. The Labute approximate surface area is 208 Å². The highest BCUT2D eigenvalue weighted by atomic mass is 16.5. The Morgan fingerprint density at radius 1 is 1.06 bits per heavy atom. The summed E-state index contributed by atoms with van der Waals surface area (Å²) in [7, 11) is 1.48. The SMILES string of the molecule is COc1cccc2c(=O)n(CC[C@H](C(=O)O)[C@H](O)CCc3ccc(-c4ccc(C)nc4)cc3)nnc12. The van der Waals surface area contributed by atoms with Crippen LogP contribution >= 0.6 is 0 Å². The van der Waals surface area contributed by atoms with E-state index in [1.165, 1.54) is 7.11 Å². The lowest BCUT2D eigenvalue weighted by Crippen LogP contribution is -2.32. The number of aryl methyl sites for hydroxylation is 3. The molecule has 0 aliphatic carbocycles. The standard InChI is InChI=1S/C27H28N4O5/c1-17-6-10-20(16-28-17)19-11-7-18(8-12-19)9-13-23(32)21(27(34)35)14-15-31-26(33)22-4-3-5-24(36-2)25(22)29-30-31/h3-8,10-12,16,21,23,32H,9,13-15H2,1-2H3,(H,34,35)/t21-,23+/m0/s1. The number of ether oxygens (including phenoxy) is 1. The number of nitrogens with zero attached hydrogens (tertiary/aromatic N) is 4. The monoisotopic (exact) mass is 488 g/mol. The number of carbonyl (C=O) groups is 1. The molecule has 2 aromatic heterocycles. The van der Waals surface area contributed by atoms with E-state index in [-0.39, 0.29) is 24.9 Å². The minimum Gasteiger partial charge on any atom is -0.494 e. The third-order valence-electron chi connectivity index (χ3n) is 6.30. The van der Waals surface area contributed by atoms with E-state index in [2.05, 4.69) is 15.3 Å². The number of carboxylic acid groups (broad SMARTS) is 1. The van der Waals surface area contributed by atoms with E-state index >= 15 is 0 Å². The molecule has 9 nitrogen and oxygen atoms in total. The maximum absolute atomic E-state index is 12.8. The van der Waals surface area contributed by atoms with E-state index < -0.39 is 18.0 Å². The molecule has 0 aliphatic heterocycles. The predicted octanol–water partition coefficient (Wildman–Crippen LogP) is 3.26. The van der Waals surface area contributed by atoms with Gasteiger partial charge in [0.25, 0.3) is 5.56 Å². The molecular formula is C27H28N4O5. The molecule has 0 saturated carbocycles. The fourth-order valence-electron chi connectivity index (χ4n) is 4.15. The van der Waals surface area contributed by atoms with Gasteiger partial charge in [-0.15, -0.1) is 5.10 Å². The van der Waals surface area contributed by atoms with Crippen molar-refractivity contribution in [3.63, 3.8) is 0 Å². The summed E-state index contributed by atoms with van der Waals surface area (Å²) in [5.74, 6) is -1.72. The van der Waals surface area contributed by atoms with Crippen LogP contribution in [0.5, 0.6) is 5.75 Å². The van der Waals surface area contributed by atoms with Crippen LogP contribution < -0.4 is 10.3 Å². The van der Waals surface area contributed by atoms with Crippen molar-refractivity contribution in [3.05, 3.63) is 82.4 Å². The number of benzene rings is 2. The molecule has 2 N–H and O–H groups in total. The second-order valence-electron chi connectivity index (χ2n) is 8.70. The maximum atomic E-state index is 12.8. The van der Waals surface area contributed by atoms with Gasteiger partial charge in [-0.25, -0.2) is 4.68 Å². The Kier molecular flexibility index (Phi) is 7.70. The van der Waals surface area contributed by atoms with Crippen molar-refractivity contribution in [3.8, 4) is 16.9 Å². The number of fused-ring (bicyclic) bond motifs is 1. The van der Waals surface area contributed by atoms with E-state index in [4.69, 9.17) is 4.74 Å². The Hall–Kier alpha value is -4.11. The second-order valence-corrected chi connectivity index (χ2v) is 8.70. The molecule has 2 aromatic carbocycles. The van der Waals surface area contributed by atoms with Crippen molar-refractivity contribution in [1.29, 1.82) is 0 Å². The first-order valence-corrected chi connectivity index (χ1v) is 11.7. The third-order valence-corrected chi connectivity index (χ3v) is 6.30. The number of aliphatic hydroxyl groups excluding tert-OH is 1. The average Bonchev–Trinajstić information content (AvgIpc) is 2.89. The summed E-state index contributed by atoms with van der Waals surface area (Å²) in [6, 6.07) is 16.9. The molecule has 0 radical (unpaired) electrons. The normalized spacial score (nSPS) is 12.9.